The Bertz CT molecular complexity index is 871. The van der Waals surface area contributed by atoms with Crippen LogP contribution in [0.4, 0.5) is 5.13 Å². The van der Waals surface area contributed by atoms with E-state index in [-0.39, 0.29) is 5.41 Å². The van der Waals surface area contributed by atoms with Gasteiger partial charge in [0, 0.05) is 5.38 Å². The zero-order valence-corrected chi connectivity index (χ0v) is 15.9. The van der Waals surface area contributed by atoms with E-state index >= 15 is 0 Å². The van der Waals surface area contributed by atoms with Gasteiger partial charge in [0.2, 0.25) is 5.13 Å². The highest BCUT2D eigenvalue weighted by molar-refractivity contribution is 7.13. The molecule has 4 heteroatoms. The van der Waals surface area contributed by atoms with Gasteiger partial charge in [-0.15, -0.1) is 11.3 Å². The second-order valence-electron chi connectivity index (χ2n) is 7.12. The quantitative estimate of drug-likeness (QED) is 0.473. The number of aryl methyl sites for hydroxylation is 1. The normalized spacial score (nSPS) is 11.8. The molecule has 0 bridgehead atoms. The molecular formula is C21H23N3S. The molecule has 128 valence electrons. The molecule has 0 unspecified atom stereocenters. The second-order valence-corrected chi connectivity index (χ2v) is 7.97. The zero-order valence-electron chi connectivity index (χ0n) is 15.1. The van der Waals surface area contributed by atoms with E-state index in [4.69, 9.17) is 0 Å². The Kier molecular flexibility index (Phi) is 5.00. The summed E-state index contributed by atoms with van der Waals surface area (Å²) < 4.78 is 0. The Morgan fingerprint density at radius 2 is 1.80 bits per heavy atom. The summed E-state index contributed by atoms with van der Waals surface area (Å²) in [6.07, 6.45) is 1.82. The van der Waals surface area contributed by atoms with E-state index < -0.39 is 0 Å². The molecule has 1 heterocycles. The van der Waals surface area contributed by atoms with Crippen molar-refractivity contribution in [2.45, 2.75) is 33.1 Å². The molecule has 0 radical (unpaired) electrons. The van der Waals surface area contributed by atoms with Crippen molar-refractivity contribution in [2.24, 2.45) is 5.10 Å². The van der Waals surface area contributed by atoms with Crippen molar-refractivity contribution in [3.8, 4) is 11.1 Å². The Hall–Kier alpha value is -2.46. The van der Waals surface area contributed by atoms with Gasteiger partial charge >= 0.3 is 0 Å². The van der Waals surface area contributed by atoms with Crippen LogP contribution in [0.5, 0.6) is 0 Å². The first-order valence-corrected chi connectivity index (χ1v) is 9.22. The lowest BCUT2D eigenvalue weighted by Gasteiger charge is -2.19. The van der Waals surface area contributed by atoms with Crippen molar-refractivity contribution in [1.29, 1.82) is 0 Å². The van der Waals surface area contributed by atoms with E-state index in [1.165, 1.54) is 16.7 Å². The van der Waals surface area contributed by atoms with E-state index in [2.05, 4.69) is 78.7 Å². The molecule has 0 fully saturated rings. The molecule has 0 spiro atoms. The fraction of sp³-hybridized carbons (Fsp3) is 0.238. The van der Waals surface area contributed by atoms with Crippen LogP contribution in [0.2, 0.25) is 0 Å². The van der Waals surface area contributed by atoms with Crippen LogP contribution in [0.15, 0.2) is 59.0 Å². The summed E-state index contributed by atoms with van der Waals surface area (Å²) in [6, 6.07) is 17.2. The van der Waals surface area contributed by atoms with E-state index in [9.17, 15) is 0 Å². The highest BCUT2D eigenvalue weighted by Crippen LogP contribution is 2.26. The maximum atomic E-state index is 4.33. The number of hydrazone groups is 1. The van der Waals surface area contributed by atoms with Crippen LogP contribution >= 0.6 is 11.3 Å². The molecular weight excluding hydrogens is 326 g/mol. The van der Waals surface area contributed by atoms with Crippen molar-refractivity contribution >= 4 is 22.7 Å². The lowest BCUT2D eigenvalue weighted by atomic mass is 9.86. The molecule has 0 amide bonds. The minimum atomic E-state index is 0.173. The molecule has 0 saturated carbocycles. The third-order valence-electron chi connectivity index (χ3n) is 3.96. The van der Waals surface area contributed by atoms with Crippen molar-refractivity contribution < 1.29 is 0 Å². The molecule has 3 rings (SSSR count). The van der Waals surface area contributed by atoms with Crippen LogP contribution in [0.25, 0.3) is 11.1 Å². The van der Waals surface area contributed by atoms with Crippen LogP contribution in [0.1, 0.15) is 37.6 Å². The maximum absolute atomic E-state index is 4.33. The molecule has 0 aliphatic heterocycles. The summed E-state index contributed by atoms with van der Waals surface area (Å²) >= 11 is 1.55. The average molecular weight is 350 g/mol. The number of hydrogen-bond acceptors (Lipinski definition) is 4. The smallest absolute Gasteiger partial charge is 0.203 e. The molecule has 3 nitrogen and oxygen atoms in total. The molecule has 0 saturated heterocycles. The summed E-state index contributed by atoms with van der Waals surface area (Å²) in [5, 5.41) is 7.09. The monoisotopic (exact) mass is 349 g/mol. The van der Waals surface area contributed by atoms with Gasteiger partial charge in [0.1, 0.15) is 0 Å². The molecule has 1 aromatic heterocycles. The summed E-state index contributed by atoms with van der Waals surface area (Å²) in [5.41, 5.74) is 8.95. The SMILES string of the molecule is Cc1csc(NN=Cc2cccc(-c3ccc(C(C)(C)C)cc3)c2)n1. The van der Waals surface area contributed by atoms with E-state index in [1.54, 1.807) is 11.3 Å². The zero-order chi connectivity index (χ0) is 17.9. The minimum Gasteiger partial charge on any atom is -0.253 e. The fourth-order valence-electron chi connectivity index (χ4n) is 2.53. The van der Waals surface area contributed by atoms with Crippen LogP contribution in [-0.2, 0) is 5.41 Å². The number of hydrogen-bond donors (Lipinski definition) is 1. The van der Waals surface area contributed by atoms with Crippen molar-refractivity contribution in [1.82, 2.24) is 4.98 Å². The highest BCUT2D eigenvalue weighted by Gasteiger charge is 2.13. The first kappa shape index (κ1) is 17.4. The van der Waals surface area contributed by atoms with Gasteiger partial charge in [-0.1, -0.05) is 63.2 Å². The first-order valence-electron chi connectivity index (χ1n) is 8.34. The van der Waals surface area contributed by atoms with E-state index in [0.29, 0.717) is 0 Å². The van der Waals surface area contributed by atoms with Gasteiger partial charge in [-0.3, -0.25) is 5.43 Å². The maximum Gasteiger partial charge on any atom is 0.203 e. The van der Waals surface area contributed by atoms with Crippen LogP contribution in [0, 0.1) is 6.92 Å². The highest BCUT2D eigenvalue weighted by atomic mass is 32.1. The number of anilines is 1. The van der Waals surface area contributed by atoms with E-state index in [0.717, 1.165) is 16.4 Å². The standard InChI is InChI=1S/C21H23N3S/c1-15-14-25-20(23-15)24-22-13-16-6-5-7-18(12-16)17-8-10-19(11-9-17)21(2,3)4/h5-14H,1-4H3,(H,23,24). The lowest BCUT2D eigenvalue weighted by Crippen LogP contribution is -2.10. The number of rotatable bonds is 4. The van der Waals surface area contributed by atoms with Gasteiger partial charge in [-0.2, -0.15) is 5.10 Å². The average Bonchev–Trinajstić information content (AvgIpc) is 3.00. The van der Waals surface area contributed by atoms with Gasteiger partial charge < -0.3 is 0 Å². The second kappa shape index (κ2) is 7.19. The molecule has 1 N–H and O–H groups in total. The lowest BCUT2D eigenvalue weighted by molar-refractivity contribution is 0.590. The third-order valence-corrected chi connectivity index (χ3v) is 4.83. The number of nitrogens with one attached hydrogen (secondary N) is 1. The minimum absolute atomic E-state index is 0.173. The Morgan fingerprint density at radius 1 is 1.04 bits per heavy atom. The van der Waals surface area contributed by atoms with Crippen LogP contribution in [-0.4, -0.2) is 11.2 Å². The van der Waals surface area contributed by atoms with E-state index in [1.807, 2.05) is 24.6 Å². The largest absolute Gasteiger partial charge is 0.253 e. The first-order chi connectivity index (χ1) is 11.9. The van der Waals surface area contributed by atoms with Crippen LogP contribution < -0.4 is 5.43 Å². The van der Waals surface area contributed by atoms with Crippen molar-refractivity contribution in [2.75, 3.05) is 5.43 Å². The Labute approximate surface area is 153 Å². The Morgan fingerprint density at radius 3 is 2.44 bits per heavy atom. The molecule has 25 heavy (non-hydrogen) atoms. The van der Waals surface area contributed by atoms with Gasteiger partial charge in [0.15, 0.2) is 0 Å². The summed E-state index contributed by atoms with van der Waals surface area (Å²) in [4.78, 5) is 4.33. The predicted molar refractivity (Wildman–Crippen MR) is 109 cm³/mol. The number of aromatic nitrogens is 1. The summed E-state index contributed by atoms with van der Waals surface area (Å²) in [5.74, 6) is 0. The summed E-state index contributed by atoms with van der Waals surface area (Å²) in [6.45, 7) is 8.67. The number of benzene rings is 2. The predicted octanol–water partition coefficient (Wildman–Crippen LogP) is 5.86. The van der Waals surface area contributed by atoms with Gasteiger partial charge in [-0.25, -0.2) is 4.98 Å². The third kappa shape index (κ3) is 4.54. The molecule has 0 aliphatic carbocycles. The number of thiazole rings is 1. The molecule has 3 aromatic rings. The van der Waals surface area contributed by atoms with Crippen molar-refractivity contribution in [3.05, 3.63) is 70.7 Å². The Balaban J connectivity index is 1.74. The van der Waals surface area contributed by atoms with Crippen molar-refractivity contribution in [3.63, 3.8) is 0 Å². The van der Waals surface area contributed by atoms with Crippen LogP contribution in [0.3, 0.4) is 0 Å². The fourth-order valence-corrected chi connectivity index (χ4v) is 3.17. The summed E-state index contributed by atoms with van der Waals surface area (Å²) in [7, 11) is 0. The van der Waals surface area contributed by atoms with Gasteiger partial charge in [-0.05, 0) is 40.7 Å². The molecule has 2 aromatic carbocycles. The topological polar surface area (TPSA) is 37.3 Å². The number of nitrogens with zero attached hydrogens (tertiary/aromatic N) is 2. The molecule has 0 aliphatic rings. The molecule has 0 atom stereocenters. The van der Waals surface area contributed by atoms with Gasteiger partial charge in [0.05, 0.1) is 11.9 Å². The van der Waals surface area contributed by atoms with Gasteiger partial charge in [0.25, 0.3) is 0 Å².